The Bertz CT molecular complexity index is 1060. The molecule has 1 fully saturated rings. The van der Waals surface area contributed by atoms with E-state index >= 15 is 0 Å². The lowest BCUT2D eigenvalue weighted by Gasteiger charge is -2.32. The van der Waals surface area contributed by atoms with E-state index in [1.165, 1.54) is 18.5 Å². The molecule has 3 heterocycles. The number of likely N-dealkylation sites (tertiary alicyclic amines) is 1. The molecule has 2 aromatic heterocycles. The molecule has 0 aliphatic carbocycles. The fraction of sp³-hybridized carbons (Fsp3) is 0.273. The first-order valence-corrected chi connectivity index (χ1v) is 9.87. The molecule has 0 atom stereocenters. The van der Waals surface area contributed by atoms with Gasteiger partial charge in [0.15, 0.2) is 0 Å². The molecule has 3 aromatic rings. The number of nitrogens with zero attached hydrogens (tertiary/aromatic N) is 4. The van der Waals surface area contributed by atoms with Crippen molar-refractivity contribution in [2.45, 2.75) is 25.8 Å². The predicted molar refractivity (Wildman–Crippen MR) is 112 cm³/mol. The van der Waals surface area contributed by atoms with E-state index in [-0.39, 0.29) is 17.5 Å². The van der Waals surface area contributed by atoms with Crippen LogP contribution >= 0.6 is 0 Å². The monoisotopic (exact) mass is 405 g/mol. The zero-order chi connectivity index (χ0) is 21.1. The number of aromatic carboxylic acids is 1. The molecule has 1 aromatic carbocycles. The molecule has 30 heavy (non-hydrogen) atoms. The molecule has 1 saturated heterocycles. The molecule has 0 radical (unpaired) electrons. The first-order chi connectivity index (χ1) is 14.5. The van der Waals surface area contributed by atoms with Crippen LogP contribution in [0.15, 0.2) is 55.0 Å². The van der Waals surface area contributed by atoms with Crippen LogP contribution in [0.3, 0.4) is 0 Å². The molecule has 0 bridgehead atoms. The average Bonchev–Trinajstić information content (AvgIpc) is 3.14. The third-order valence-corrected chi connectivity index (χ3v) is 5.48. The van der Waals surface area contributed by atoms with E-state index in [0.717, 1.165) is 24.2 Å². The number of anilines is 2. The number of carbonyl (C=O) groups is 2. The lowest BCUT2D eigenvalue weighted by Crippen LogP contribution is -2.39. The maximum absolute atomic E-state index is 12.6. The summed E-state index contributed by atoms with van der Waals surface area (Å²) in [5, 5.41) is 17.0. The van der Waals surface area contributed by atoms with Crippen LogP contribution in [0.5, 0.6) is 0 Å². The van der Waals surface area contributed by atoms with Crippen LogP contribution in [-0.2, 0) is 0 Å². The zero-order valence-electron chi connectivity index (χ0n) is 16.7. The normalized spacial score (nSPS) is 14.5. The number of hydrogen-bond donors (Lipinski definition) is 2. The Hall–Kier alpha value is -3.68. The van der Waals surface area contributed by atoms with Gasteiger partial charge < -0.3 is 15.3 Å². The Morgan fingerprint density at radius 1 is 1.07 bits per heavy atom. The Balaban J connectivity index is 1.44. The van der Waals surface area contributed by atoms with Gasteiger partial charge >= 0.3 is 5.97 Å². The summed E-state index contributed by atoms with van der Waals surface area (Å²) in [4.78, 5) is 30.0. The van der Waals surface area contributed by atoms with Crippen molar-refractivity contribution < 1.29 is 14.7 Å². The van der Waals surface area contributed by atoms with E-state index in [0.29, 0.717) is 24.3 Å². The van der Waals surface area contributed by atoms with Crippen molar-refractivity contribution in [3.8, 4) is 0 Å². The van der Waals surface area contributed by atoms with Gasteiger partial charge in [0.2, 0.25) is 0 Å². The second kappa shape index (κ2) is 8.36. The largest absolute Gasteiger partial charge is 0.478 e. The molecule has 0 unspecified atom stereocenters. The maximum atomic E-state index is 12.6. The minimum Gasteiger partial charge on any atom is -0.478 e. The number of nitrogens with one attached hydrogen (secondary N) is 1. The molecule has 0 spiro atoms. The van der Waals surface area contributed by atoms with Gasteiger partial charge in [-0.3, -0.25) is 14.5 Å². The van der Waals surface area contributed by atoms with Crippen molar-refractivity contribution in [3.63, 3.8) is 0 Å². The number of rotatable bonds is 5. The quantitative estimate of drug-likeness (QED) is 0.674. The number of carbonyl (C=O) groups excluding carboxylic acids is 1. The van der Waals surface area contributed by atoms with Gasteiger partial charge in [-0.05, 0) is 38.0 Å². The highest BCUT2D eigenvalue weighted by Gasteiger charge is 2.26. The Morgan fingerprint density at radius 3 is 2.50 bits per heavy atom. The van der Waals surface area contributed by atoms with E-state index in [4.69, 9.17) is 0 Å². The van der Waals surface area contributed by atoms with Crippen molar-refractivity contribution in [1.29, 1.82) is 0 Å². The smallest absolute Gasteiger partial charge is 0.337 e. The average molecular weight is 405 g/mol. The summed E-state index contributed by atoms with van der Waals surface area (Å²) in [5.74, 6) is -0.952. The van der Waals surface area contributed by atoms with Gasteiger partial charge in [-0.15, -0.1) is 0 Å². The zero-order valence-corrected chi connectivity index (χ0v) is 16.7. The Morgan fingerprint density at radius 2 is 1.80 bits per heavy atom. The lowest BCUT2D eigenvalue weighted by molar-refractivity contribution is 0.0683. The minimum atomic E-state index is -1.01. The van der Waals surface area contributed by atoms with Crippen molar-refractivity contribution in [2.24, 2.45) is 0 Å². The number of aromatic nitrogens is 3. The van der Waals surface area contributed by atoms with Crippen LogP contribution in [0.4, 0.5) is 11.4 Å². The van der Waals surface area contributed by atoms with Crippen molar-refractivity contribution in [2.75, 3.05) is 18.4 Å². The van der Waals surface area contributed by atoms with Crippen LogP contribution in [0.2, 0.25) is 0 Å². The number of piperidine rings is 1. The first kappa shape index (κ1) is 19.6. The molecule has 0 saturated carbocycles. The van der Waals surface area contributed by atoms with Gasteiger partial charge in [-0.25, -0.2) is 4.79 Å². The summed E-state index contributed by atoms with van der Waals surface area (Å²) in [6, 6.07) is 11.0. The highest BCUT2D eigenvalue weighted by Crippen LogP contribution is 2.29. The third-order valence-electron chi connectivity index (χ3n) is 5.48. The van der Waals surface area contributed by atoms with Gasteiger partial charge in [-0.2, -0.15) is 5.10 Å². The van der Waals surface area contributed by atoms with E-state index < -0.39 is 5.97 Å². The molecule has 4 rings (SSSR count). The summed E-state index contributed by atoms with van der Waals surface area (Å²) in [6.07, 6.45) is 6.28. The van der Waals surface area contributed by atoms with E-state index in [1.54, 1.807) is 6.20 Å². The van der Waals surface area contributed by atoms with Crippen LogP contribution in [-0.4, -0.2) is 49.7 Å². The molecule has 1 aliphatic rings. The number of amides is 1. The summed E-state index contributed by atoms with van der Waals surface area (Å²) in [5.41, 5.74) is 2.96. The SMILES string of the molecule is Cc1c(Nc2cnccc2C(=O)O)cnn1C1CCN(C(=O)c2ccccc2)CC1. The predicted octanol–water partition coefficient (Wildman–Crippen LogP) is 3.51. The summed E-state index contributed by atoms with van der Waals surface area (Å²) >= 11 is 0. The summed E-state index contributed by atoms with van der Waals surface area (Å²) < 4.78 is 1.96. The number of benzene rings is 1. The third kappa shape index (κ3) is 3.89. The van der Waals surface area contributed by atoms with Crippen LogP contribution in [0.1, 0.15) is 45.3 Å². The van der Waals surface area contributed by atoms with E-state index in [1.807, 2.05) is 46.8 Å². The van der Waals surface area contributed by atoms with Gasteiger partial charge in [0, 0.05) is 24.8 Å². The summed E-state index contributed by atoms with van der Waals surface area (Å²) in [6.45, 7) is 3.30. The van der Waals surface area contributed by atoms with Gasteiger partial charge in [0.05, 0.1) is 41.1 Å². The molecular formula is C22H23N5O3. The molecule has 8 nitrogen and oxygen atoms in total. The van der Waals surface area contributed by atoms with Crippen molar-refractivity contribution in [3.05, 3.63) is 71.8 Å². The highest BCUT2D eigenvalue weighted by atomic mass is 16.4. The summed E-state index contributed by atoms with van der Waals surface area (Å²) in [7, 11) is 0. The number of pyridine rings is 1. The molecule has 2 N–H and O–H groups in total. The van der Waals surface area contributed by atoms with Crippen molar-refractivity contribution >= 4 is 23.3 Å². The van der Waals surface area contributed by atoms with Gasteiger partial charge in [0.25, 0.3) is 5.91 Å². The van der Waals surface area contributed by atoms with Crippen molar-refractivity contribution in [1.82, 2.24) is 19.7 Å². The molecule has 8 heteroatoms. The maximum Gasteiger partial charge on any atom is 0.337 e. The van der Waals surface area contributed by atoms with Crippen LogP contribution < -0.4 is 5.32 Å². The van der Waals surface area contributed by atoms with Crippen LogP contribution in [0, 0.1) is 6.92 Å². The van der Waals surface area contributed by atoms with E-state index in [2.05, 4.69) is 15.4 Å². The number of carboxylic acids is 1. The molecule has 1 aliphatic heterocycles. The topological polar surface area (TPSA) is 100 Å². The Kier molecular flexibility index (Phi) is 5.47. The number of carboxylic acid groups (broad SMARTS) is 1. The highest BCUT2D eigenvalue weighted by molar-refractivity contribution is 5.95. The first-order valence-electron chi connectivity index (χ1n) is 9.87. The fourth-order valence-electron chi connectivity index (χ4n) is 3.82. The lowest BCUT2D eigenvalue weighted by atomic mass is 10.0. The molecular weight excluding hydrogens is 382 g/mol. The van der Waals surface area contributed by atoms with Crippen LogP contribution in [0.25, 0.3) is 0 Å². The van der Waals surface area contributed by atoms with Gasteiger partial charge in [-0.1, -0.05) is 18.2 Å². The second-order valence-corrected chi connectivity index (χ2v) is 7.33. The van der Waals surface area contributed by atoms with E-state index in [9.17, 15) is 14.7 Å². The second-order valence-electron chi connectivity index (χ2n) is 7.33. The minimum absolute atomic E-state index is 0.0615. The van der Waals surface area contributed by atoms with Gasteiger partial charge in [0.1, 0.15) is 0 Å². The fourth-order valence-corrected chi connectivity index (χ4v) is 3.82. The standard InChI is InChI=1S/C22H23N5O3/c1-15-19(25-20-13-23-10-7-18(20)22(29)30)14-24-27(15)17-8-11-26(12-9-17)21(28)16-5-3-2-4-6-16/h2-7,10,13-14,17,25H,8-9,11-12H2,1H3,(H,29,30). The number of hydrogen-bond acceptors (Lipinski definition) is 5. The Labute approximate surface area is 174 Å². The molecule has 154 valence electrons. The molecule has 1 amide bonds.